The minimum absolute atomic E-state index is 0.401. The van der Waals surface area contributed by atoms with Gasteiger partial charge in [0.1, 0.15) is 0 Å². The van der Waals surface area contributed by atoms with Crippen LogP contribution in [0.15, 0.2) is 53.4 Å². The molecular weight excluding hydrogens is 415 g/mol. The van der Waals surface area contributed by atoms with Crippen molar-refractivity contribution in [3.63, 3.8) is 0 Å². The summed E-state index contributed by atoms with van der Waals surface area (Å²) in [4.78, 5) is 4.35. The molecule has 1 aromatic heterocycles. The zero-order chi connectivity index (χ0) is 22.7. The molecule has 0 fully saturated rings. The van der Waals surface area contributed by atoms with Crippen molar-refractivity contribution in [2.24, 2.45) is 10.2 Å². The van der Waals surface area contributed by atoms with Gasteiger partial charge in [-0.3, -0.25) is 4.98 Å². The van der Waals surface area contributed by atoms with Crippen LogP contribution in [-0.2, 0) is 0 Å². The lowest BCUT2D eigenvalue weighted by Gasteiger charge is -2.16. The summed E-state index contributed by atoms with van der Waals surface area (Å²) in [5.74, 6) is 0. The van der Waals surface area contributed by atoms with Crippen molar-refractivity contribution < 1.29 is 0 Å². The molecule has 0 radical (unpaired) electrons. The van der Waals surface area contributed by atoms with Crippen molar-refractivity contribution in [1.29, 1.82) is 0 Å². The van der Waals surface area contributed by atoms with Gasteiger partial charge in [0.05, 0.1) is 21.5 Å². The molecule has 30 heavy (non-hydrogen) atoms. The third-order valence-electron chi connectivity index (χ3n) is 4.77. The molecule has 1 unspecified atom stereocenters. The first-order valence-electron chi connectivity index (χ1n) is 10.0. The van der Waals surface area contributed by atoms with Gasteiger partial charge >= 0.3 is 0 Å². The fourth-order valence-electron chi connectivity index (χ4n) is 2.87. The second-order valence-corrected chi connectivity index (χ2v) is 7.79. The van der Waals surface area contributed by atoms with E-state index in [9.17, 15) is 0 Å². The Morgan fingerprint density at radius 2 is 2.00 bits per heavy atom. The zero-order valence-electron chi connectivity index (χ0n) is 18.4. The lowest BCUT2D eigenvalue weighted by molar-refractivity contribution is 0.509. The monoisotopic (exact) mass is 446 g/mol. The highest BCUT2D eigenvalue weighted by molar-refractivity contribution is 6.43. The minimum atomic E-state index is 0.401. The van der Waals surface area contributed by atoms with E-state index in [1.165, 1.54) is 6.20 Å². The van der Waals surface area contributed by atoms with E-state index >= 15 is 0 Å². The van der Waals surface area contributed by atoms with Crippen molar-refractivity contribution >= 4 is 46.8 Å². The van der Waals surface area contributed by atoms with Gasteiger partial charge in [-0.2, -0.15) is 10.2 Å². The van der Waals surface area contributed by atoms with Gasteiger partial charge < -0.3 is 5.32 Å². The van der Waals surface area contributed by atoms with Gasteiger partial charge in [0.25, 0.3) is 0 Å². The van der Waals surface area contributed by atoms with Crippen LogP contribution in [0.3, 0.4) is 0 Å². The first-order valence-corrected chi connectivity index (χ1v) is 10.8. The van der Waals surface area contributed by atoms with Crippen LogP contribution in [0.1, 0.15) is 57.7 Å². The molecule has 0 aromatic carbocycles. The lowest BCUT2D eigenvalue weighted by atomic mass is 9.95. The molecule has 4 nitrogen and oxygen atoms in total. The van der Waals surface area contributed by atoms with Gasteiger partial charge in [0, 0.05) is 30.4 Å². The standard InChI is InChI=1S/C24H32Cl2N4/c1-8-19(27-7)14-13-17(5)18(6)22(30-29-9-2)12-10-11-20-23(26)21(25)15-28-24(20)16(3)4/h9-11,15,19,27H,3,5-6,8,12-14H2,1-2,4,7H3/b11-10+,29-9-,30-22+. The van der Waals surface area contributed by atoms with E-state index in [2.05, 4.69) is 47.2 Å². The van der Waals surface area contributed by atoms with Crippen LogP contribution >= 0.6 is 23.2 Å². The van der Waals surface area contributed by atoms with Crippen LogP contribution in [0.2, 0.25) is 10.0 Å². The van der Waals surface area contributed by atoms with Crippen molar-refractivity contribution in [2.45, 2.75) is 52.5 Å². The predicted octanol–water partition coefficient (Wildman–Crippen LogP) is 7.16. The summed E-state index contributed by atoms with van der Waals surface area (Å²) in [6.07, 6.45) is 10.5. The Morgan fingerprint density at radius 3 is 2.57 bits per heavy atom. The maximum absolute atomic E-state index is 6.40. The van der Waals surface area contributed by atoms with E-state index < -0.39 is 0 Å². The molecule has 0 bridgehead atoms. The number of halogens is 2. The molecule has 1 rings (SSSR count). The summed E-state index contributed by atoms with van der Waals surface area (Å²) >= 11 is 12.5. The Labute approximate surface area is 191 Å². The first-order chi connectivity index (χ1) is 14.3. The van der Waals surface area contributed by atoms with Crippen LogP contribution in [0.25, 0.3) is 11.6 Å². The number of aromatic nitrogens is 1. The fraction of sp³-hybridized carbons (Fsp3) is 0.375. The molecule has 0 aliphatic carbocycles. The molecule has 0 saturated heterocycles. The third-order valence-corrected chi connectivity index (χ3v) is 5.56. The smallest absolute Gasteiger partial charge is 0.0782 e. The molecule has 0 aliphatic heterocycles. The maximum atomic E-state index is 6.40. The molecule has 1 aromatic rings. The molecular formula is C24H32Cl2N4. The van der Waals surface area contributed by atoms with Crippen molar-refractivity contribution in [3.8, 4) is 0 Å². The molecule has 0 aliphatic rings. The second kappa shape index (κ2) is 13.3. The van der Waals surface area contributed by atoms with E-state index in [4.69, 9.17) is 23.2 Å². The van der Waals surface area contributed by atoms with Gasteiger partial charge in [-0.1, -0.05) is 62.0 Å². The average Bonchev–Trinajstić information content (AvgIpc) is 2.73. The molecule has 1 N–H and O–H groups in total. The Morgan fingerprint density at radius 1 is 1.30 bits per heavy atom. The second-order valence-electron chi connectivity index (χ2n) is 7.00. The summed E-state index contributed by atoms with van der Waals surface area (Å²) < 4.78 is 0. The van der Waals surface area contributed by atoms with Gasteiger partial charge in [0.15, 0.2) is 0 Å². The molecule has 0 saturated carbocycles. The molecule has 6 heteroatoms. The molecule has 1 heterocycles. The SMILES string of the molecule is C=C(CCC(CC)NC)C(=C)/C(C/C=C/c1c(C(=C)C)ncc(Cl)c1Cl)=N/N=C\C. The summed E-state index contributed by atoms with van der Waals surface area (Å²) in [6.45, 7) is 18.3. The topological polar surface area (TPSA) is 49.6 Å². The summed E-state index contributed by atoms with van der Waals surface area (Å²) in [5.41, 5.74) is 4.80. The Bertz CT molecular complexity index is 862. The summed E-state index contributed by atoms with van der Waals surface area (Å²) in [6, 6.07) is 0.460. The maximum Gasteiger partial charge on any atom is 0.0782 e. The number of rotatable bonds is 12. The highest BCUT2D eigenvalue weighted by atomic mass is 35.5. The zero-order valence-corrected chi connectivity index (χ0v) is 19.9. The third kappa shape index (κ3) is 7.67. The Hall–Kier alpha value is -2.01. The number of nitrogens with one attached hydrogen (secondary N) is 1. The van der Waals surface area contributed by atoms with E-state index in [1.54, 1.807) is 6.21 Å². The number of allylic oxidation sites excluding steroid dienone is 4. The number of pyridine rings is 1. The van der Waals surface area contributed by atoms with Gasteiger partial charge in [-0.05, 0) is 56.9 Å². The largest absolute Gasteiger partial charge is 0.317 e. The number of hydrogen-bond acceptors (Lipinski definition) is 4. The van der Waals surface area contributed by atoms with Crippen molar-refractivity contribution in [2.75, 3.05) is 7.05 Å². The molecule has 0 amide bonds. The van der Waals surface area contributed by atoms with E-state index in [-0.39, 0.29) is 0 Å². The number of hydrogen-bond donors (Lipinski definition) is 1. The Balaban J connectivity index is 3.03. The molecule has 0 spiro atoms. The van der Waals surface area contributed by atoms with Gasteiger partial charge in [0.2, 0.25) is 0 Å². The van der Waals surface area contributed by atoms with Crippen LogP contribution in [-0.4, -0.2) is 30.0 Å². The van der Waals surface area contributed by atoms with Crippen LogP contribution < -0.4 is 5.32 Å². The number of nitrogens with zero attached hydrogens (tertiary/aromatic N) is 3. The van der Waals surface area contributed by atoms with Crippen LogP contribution in [0.4, 0.5) is 0 Å². The lowest BCUT2D eigenvalue weighted by Crippen LogP contribution is -2.24. The first kappa shape index (κ1) is 26.0. The average molecular weight is 447 g/mol. The van der Waals surface area contributed by atoms with E-state index in [1.807, 2.05) is 33.0 Å². The highest BCUT2D eigenvalue weighted by Crippen LogP contribution is 2.31. The van der Waals surface area contributed by atoms with Gasteiger partial charge in [-0.25, -0.2) is 0 Å². The van der Waals surface area contributed by atoms with Crippen LogP contribution in [0, 0.1) is 0 Å². The summed E-state index contributed by atoms with van der Waals surface area (Å²) in [7, 11) is 1.98. The van der Waals surface area contributed by atoms with Crippen LogP contribution in [0.5, 0.6) is 0 Å². The fourth-order valence-corrected chi connectivity index (χ4v) is 3.22. The molecule has 162 valence electrons. The van der Waals surface area contributed by atoms with E-state index in [0.29, 0.717) is 28.2 Å². The highest BCUT2D eigenvalue weighted by Gasteiger charge is 2.13. The Kier molecular flexibility index (Phi) is 11.6. The quantitative estimate of drug-likeness (QED) is 0.210. The van der Waals surface area contributed by atoms with Gasteiger partial charge in [-0.15, -0.1) is 0 Å². The van der Waals surface area contributed by atoms with Crippen molar-refractivity contribution in [1.82, 2.24) is 10.3 Å². The minimum Gasteiger partial charge on any atom is -0.317 e. The summed E-state index contributed by atoms with van der Waals surface area (Å²) in [5, 5.41) is 12.5. The molecule has 1 atom stereocenters. The normalized spacial score (nSPS) is 13.2. The van der Waals surface area contributed by atoms with Crippen molar-refractivity contribution in [3.05, 3.63) is 64.5 Å². The van der Waals surface area contributed by atoms with E-state index in [0.717, 1.165) is 47.3 Å². The predicted molar refractivity (Wildman–Crippen MR) is 135 cm³/mol.